The molecule has 2 aromatic heterocycles. The van der Waals surface area contributed by atoms with E-state index in [1.165, 1.54) is 0 Å². The number of H-pyrrole nitrogens is 1. The molecule has 9 nitrogen and oxygen atoms in total. The van der Waals surface area contributed by atoms with Crippen molar-refractivity contribution in [3.8, 4) is 17.0 Å². The lowest BCUT2D eigenvalue weighted by molar-refractivity contribution is -0.140. The number of nitrogens with two attached hydrogens (primary N) is 1. The molecule has 168 valence electrons. The number of ether oxygens (including phenoxy) is 1. The zero-order valence-electron chi connectivity index (χ0n) is 17.8. The van der Waals surface area contributed by atoms with E-state index in [4.69, 9.17) is 10.5 Å². The van der Waals surface area contributed by atoms with Crippen molar-refractivity contribution in [3.05, 3.63) is 60.3 Å². The smallest absolute Gasteiger partial charge is 0.326 e. The van der Waals surface area contributed by atoms with Gasteiger partial charge in [0.25, 0.3) is 5.91 Å². The van der Waals surface area contributed by atoms with Gasteiger partial charge in [-0.2, -0.15) is 0 Å². The van der Waals surface area contributed by atoms with Crippen LogP contribution in [0.5, 0.6) is 5.75 Å². The van der Waals surface area contributed by atoms with Crippen LogP contribution in [0.15, 0.2) is 54.6 Å². The van der Waals surface area contributed by atoms with Gasteiger partial charge in [-0.1, -0.05) is 30.3 Å². The van der Waals surface area contributed by atoms with Crippen molar-refractivity contribution < 1.29 is 24.2 Å². The number of aromatic amines is 1. The average molecular weight is 446 g/mol. The van der Waals surface area contributed by atoms with Gasteiger partial charge in [0.1, 0.15) is 17.5 Å². The van der Waals surface area contributed by atoms with Gasteiger partial charge in [0.2, 0.25) is 5.91 Å². The fourth-order valence-corrected chi connectivity index (χ4v) is 3.73. The van der Waals surface area contributed by atoms with Crippen LogP contribution in [0.1, 0.15) is 23.8 Å². The number of para-hydroxylation sites is 2. The lowest BCUT2D eigenvalue weighted by Gasteiger charge is -2.14. The molecule has 2 heterocycles. The number of nitrogens with zero attached hydrogens (tertiary/aromatic N) is 1. The third-order valence-corrected chi connectivity index (χ3v) is 5.18. The number of hydrogen-bond acceptors (Lipinski definition) is 5. The molecule has 0 radical (unpaired) electrons. The number of rotatable bonds is 8. The Bertz CT molecular complexity index is 1380. The molecular formula is C24H22N4O5. The van der Waals surface area contributed by atoms with E-state index in [9.17, 15) is 19.5 Å². The summed E-state index contributed by atoms with van der Waals surface area (Å²) in [5, 5.41) is 13.3. The van der Waals surface area contributed by atoms with E-state index in [0.29, 0.717) is 29.1 Å². The second kappa shape index (κ2) is 8.99. The Kier molecular flexibility index (Phi) is 5.95. The lowest BCUT2D eigenvalue weighted by atomic mass is 10.1. The molecular weight excluding hydrogens is 424 g/mol. The first-order valence-electron chi connectivity index (χ1n) is 10.3. The highest BCUT2D eigenvalue weighted by atomic mass is 16.5. The number of primary amides is 1. The minimum Gasteiger partial charge on any atom is -0.493 e. The molecule has 0 fully saturated rings. The van der Waals surface area contributed by atoms with Gasteiger partial charge < -0.3 is 25.9 Å². The number of carboxylic acids is 1. The summed E-state index contributed by atoms with van der Waals surface area (Å²) in [6.07, 6.45) is -0.531. The van der Waals surface area contributed by atoms with Gasteiger partial charge in [0, 0.05) is 21.9 Å². The minimum atomic E-state index is -1.46. The Morgan fingerprint density at radius 2 is 1.85 bits per heavy atom. The summed E-state index contributed by atoms with van der Waals surface area (Å²) in [5.74, 6) is -2.33. The number of nitrogens with one attached hydrogen (secondary N) is 2. The minimum absolute atomic E-state index is 0.00396. The molecule has 1 unspecified atom stereocenters. The maximum Gasteiger partial charge on any atom is 0.326 e. The van der Waals surface area contributed by atoms with E-state index >= 15 is 0 Å². The van der Waals surface area contributed by atoms with Crippen molar-refractivity contribution >= 4 is 39.6 Å². The Hall–Kier alpha value is -4.40. The van der Waals surface area contributed by atoms with Crippen LogP contribution in [0, 0.1) is 0 Å². The molecule has 0 aliphatic carbocycles. The van der Waals surface area contributed by atoms with Crippen molar-refractivity contribution in [2.75, 3.05) is 6.61 Å². The molecule has 33 heavy (non-hydrogen) atoms. The van der Waals surface area contributed by atoms with Gasteiger partial charge in [0.15, 0.2) is 0 Å². The number of pyridine rings is 1. The molecule has 5 N–H and O–H groups in total. The van der Waals surface area contributed by atoms with Crippen LogP contribution in [0.25, 0.3) is 33.1 Å². The van der Waals surface area contributed by atoms with Crippen LogP contribution in [0.2, 0.25) is 0 Å². The normalized spacial score (nSPS) is 11.9. The number of carbonyl (C=O) groups is 3. The summed E-state index contributed by atoms with van der Waals surface area (Å²) in [5.41, 5.74) is 7.87. The third-order valence-electron chi connectivity index (χ3n) is 5.18. The van der Waals surface area contributed by atoms with E-state index in [2.05, 4.69) is 15.3 Å². The van der Waals surface area contributed by atoms with E-state index in [1.807, 2.05) is 55.5 Å². The largest absolute Gasteiger partial charge is 0.493 e. The van der Waals surface area contributed by atoms with Crippen LogP contribution < -0.4 is 15.8 Å². The zero-order valence-corrected chi connectivity index (χ0v) is 17.8. The van der Waals surface area contributed by atoms with Gasteiger partial charge >= 0.3 is 5.97 Å². The Morgan fingerprint density at radius 3 is 2.58 bits per heavy atom. The molecule has 0 spiro atoms. The van der Waals surface area contributed by atoms with Crippen LogP contribution in [0.4, 0.5) is 0 Å². The van der Waals surface area contributed by atoms with Gasteiger partial charge in [-0.15, -0.1) is 0 Å². The summed E-state index contributed by atoms with van der Waals surface area (Å²) in [4.78, 5) is 43.7. The first-order valence-corrected chi connectivity index (χ1v) is 10.3. The molecule has 4 aromatic rings. The molecule has 2 amide bonds. The highest BCUT2D eigenvalue weighted by Gasteiger charge is 2.25. The highest BCUT2D eigenvalue weighted by Crippen LogP contribution is 2.36. The van der Waals surface area contributed by atoms with Crippen molar-refractivity contribution in [2.45, 2.75) is 19.4 Å². The Balaban J connectivity index is 1.90. The predicted octanol–water partition coefficient (Wildman–Crippen LogP) is 2.84. The van der Waals surface area contributed by atoms with E-state index < -0.39 is 30.2 Å². The highest BCUT2D eigenvalue weighted by molar-refractivity contribution is 6.13. The van der Waals surface area contributed by atoms with Crippen molar-refractivity contribution in [1.82, 2.24) is 15.3 Å². The number of fused-ring (bicyclic) bond motifs is 3. The number of carboxylic acid groups (broad SMARTS) is 1. The third kappa shape index (κ3) is 4.33. The Labute approximate surface area is 188 Å². The maximum absolute atomic E-state index is 13.0. The van der Waals surface area contributed by atoms with Crippen molar-refractivity contribution in [3.63, 3.8) is 0 Å². The second-order valence-corrected chi connectivity index (χ2v) is 7.41. The number of carbonyl (C=O) groups excluding carboxylic acids is 2. The average Bonchev–Trinajstić information content (AvgIpc) is 3.17. The molecule has 0 aliphatic rings. The van der Waals surface area contributed by atoms with Gasteiger partial charge in [-0.3, -0.25) is 9.59 Å². The summed E-state index contributed by atoms with van der Waals surface area (Å²) in [7, 11) is 0. The quantitative estimate of drug-likeness (QED) is 0.327. The summed E-state index contributed by atoms with van der Waals surface area (Å²) < 4.78 is 5.77. The molecule has 9 heteroatoms. The van der Waals surface area contributed by atoms with E-state index in [1.54, 1.807) is 6.07 Å². The number of benzene rings is 2. The standard InChI is InChI=1S/C24H22N4O5/c1-2-33-19-10-6-4-8-14(19)21-22-15(13-7-3-5-9-16(13)26-22)11-17(27-21)23(30)28-18(24(31)32)12-20(25)29/h3-11,18,26H,2,12H2,1H3,(H2,25,29)(H,28,30)(H,31,32). The molecule has 1 atom stereocenters. The first kappa shape index (κ1) is 21.8. The lowest BCUT2D eigenvalue weighted by Crippen LogP contribution is -2.43. The number of aromatic nitrogens is 2. The van der Waals surface area contributed by atoms with Gasteiger partial charge in [-0.25, -0.2) is 9.78 Å². The number of aliphatic carboxylic acids is 1. The first-order chi connectivity index (χ1) is 15.9. The Morgan fingerprint density at radius 1 is 1.12 bits per heavy atom. The fourth-order valence-electron chi connectivity index (χ4n) is 3.73. The molecule has 0 saturated carbocycles. The summed E-state index contributed by atoms with van der Waals surface area (Å²) >= 11 is 0. The van der Waals surface area contributed by atoms with Crippen molar-refractivity contribution in [2.24, 2.45) is 5.73 Å². The zero-order chi connectivity index (χ0) is 23.5. The second-order valence-electron chi connectivity index (χ2n) is 7.41. The molecule has 2 aromatic carbocycles. The van der Waals surface area contributed by atoms with E-state index in [-0.39, 0.29) is 5.69 Å². The van der Waals surface area contributed by atoms with Crippen LogP contribution in [0.3, 0.4) is 0 Å². The van der Waals surface area contributed by atoms with Crippen LogP contribution in [-0.2, 0) is 9.59 Å². The molecule has 0 saturated heterocycles. The summed E-state index contributed by atoms with van der Waals surface area (Å²) in [6.45, 7) is 2.32. The van der Waals surface area contributed by atoms with Gasteiger partial charge in [-0.05, 0) is 31.2 Å². The summed E-state index contributed by atoms with van der Waals surface area (Å²) in [6, 6.07) is 15.1. The topological polar surface area (TPSA) is 147 Å². The van der Waals surface area contributed by atoms with Crippen LogP contribution >= 0.6 is 0 Å². The van der Waals surface area contributed by atoms with Gasteiger partial charge in [0.05, 0.1) is 24.2 Å². The fraction of sp³-hybridized carbons (Fsp3) is 0.167. The predicted molar refractivity (Wildman–Crippen MR) is 123 cm³/mol. The SMILES string of the molecule is CCOc1ccccc1-c1nc(C(=O)NC(CC(N)=O)C(=O)O)cc2c1[nH]c1ccccc12. The molecule has 4 rings (SSSR count). The number of hydrogen-bond donors (Lipinski definition) is 4. The van der Waals surface area contributed by atoms with Crippen LogP contribution in [-0.4, -0.2) is 45.5 Å². The number of amides is 2. The molecule has 0 aliphatic heterocycles. The van der Waals surface area contributed by atoms with E-state index in [0.717, 1.165) is 16.3 Å². The monoisotopic (exact) mass is 446 g/mol. The van der Waals surface area contributed by atoms with Crippen molar-refractivity contribution in [1.29, 1.82) is 0 Å². The molecule has 0 bridgehead atoms. The maximum atomic E-state index is 13.0.